The lowest BCUT2D eigenvalue weighted by molar-refractivity contribution is -0.120. The second-order valence-corrected chi connectivity index (χ2v) is 9.14. The molecule has 0 aromatic heterocycles. The number of ether oxygens (including phenoxy) is 2. The fraction of sp³-hybridized carbons (Fsp3) is 0.609. The van der Waals surface area contributed by atoms with Gasteiger partial charge in [0.25, 0.3) is 5.91 Å². The highest BCUT2D eigenvalue weighted by Crippen LogP contribution is 2.31. The van der Waals surface area contributed by atoms with Gasteiger partial charge in [-0.3, -0.25) is 9.59 Å². The van der Waals surface area contributed by atoms with Crippen LogP contribution in [0.5, 0.6) is 0 Å². The highest BCUT2D eigenvalue weighted by Gasteiger charge is 2.37. The summed E-state index contributed by atoms with van der Waals surface area (Å²) in [7, 11) is 0. The first-order valence-corrected chi connectivity index (χ1v) is 11.0. The monoisotopic (exact) mass is 449 g/mol. The van der Waals surface area contributed by atoms with Gasteiger partial charge in [-0.15, -0.1) is 0 Å². The van der Waals surface area contributed by atoms with Crippen molar-refractivity contribution in [3.8, 4) is 0 Å². The summed E-state index contributed by atoms with van der Waals surface area (Å²) < 4.78 is 25.7. The second kappa shape index (κ2) is 9.85. The molecule has 8 nitrogen and oxygen atoms in total. The lowest BCUT2D eigenvalue weighted by atomic mass is 9.88. The summed E-state index contributed by atoms with van der Waals surface area (Å²) in [5.74, 6) is -1.83. The lowest BCUT2D eigenvalue weighted by Crippen LogP contribution is -2.51. The number of nitrogens with zero attached hydrogens (tertiary/aromatic N) is 2. The van der Waals surface area contributed by atoms with Crippen molar-refractivity contribution in [2.75, 3.05) is 45.9 Å². The van der Waals surface area contributed by atoms with E-state index in [1.54, 1.807) is 31.7 Å². The molecule has 0 bridgehead atoms. The topological polar surface area (TPSA) is 88.2 Å². The predicted octanol–water partition coefficient (Wildman–Crippen LogP) is 2.38. The number of hydrogen-bond acceptors (Lipinski definition) is 5. The average molecular weight is 450 g/mol. The number of benzene rings is 1. The maximum atomic E-state index is 14.9. The van der Waals surface area contributed by atoms with Crippen LogP contribution in [0, 0.1) is 11.7 Å². The van der Waals surface area contributed by atoms with Gasteiger partial charge in [0, 0.05) is 45.2 Å². The Balaban J connectivity index is 1.65. The second-order valence-electron chi connectivity index (χ2n) is 9.14. The molecule has 1 aromatic carbocycles. The van der Waals surface area contributed by atoms with Gasteiger partial charge in [-0.25, -0.2) is 9.18 Å². The van der Waals surface area contributed by atoms with Crippen LogP contribution in [-0.4, -0.2) is 79.2 Å². The maximum absolute atomic E-state index is 14.9. The van der Waals surface area contributed by atoms with Crippen LogP contribution in [0.15, 0.2) is 18.2 Å². The molecule has 0 spiro atoms. The highest BCUT2D eigenvalue weighted by atomic mass is 19.1. The Morgan fingerprint density at radius 2 is 1.81 bits per heavy atom. The highest BCUT2D eigenvalue weighted by molar-refractivity contribution is 5.95. The largest absolute Gasteiger partial charge is 0.444 e. The normalized spacial score (nSPS) is 21.5. The van der Waals surface area contributed by atoms with Gasteiger partial charge in [-0.05, 0) is 45.4 Å². The molecule has 3 amide bonds. The van der Waals surface area contributed by atoms with E-state index < -0.39 is 29.3 Å². The standard InChI is InChI=1S/C23H32FN3O5/c1-5-31-14-16-13-25-20(28)19(16)15-6-7-17(18(24)12-15)21(29)26-8-10-27(11-9-26)22(30)32-23(2,3)4/h6-7,12,16,19H,5,8-11,13-14H2,1-4H3,(H,25,28)/t16?,19-/m0/s1. The summed E-state index contributed by atoms with van der Waals surface area (Å²) in [6.07, 6.45) is -0.420. The van der Waals surface area contributed by atoms with Gasteiger partial charge in [-0.2, -0.15) is 0 Å². The van der Waals surface area contributed by atoms with Crippen molar-refractivity contribution in [3.05, 3.63) is 35.1 Å². The van der Waals surface area contributed by atoms with Gasteiger partial charge < -0.3 is 24.6 Å². The Kier molecular flexibility index (Phi) is 7.38. The average Bonchev–Trinajstić information content (AvgIpc) is 3.10. The number of halogens is 1. The fourth-order valence-electron chi connectivity index (χ4n) is 4.01. The van der Waals surface area contributed by atoms with Crippen molar-refractivity contribution >= 4 is 17.9 Å². The number of carbonyl (C=O) groups is 3. The first-order chi connectivity index (χ1) is 15.1. The van der Waals surface area contributed by atoms with Gasteiger partial charge >= 0.3 is 6.09 Å². The number of amides is 3. The van der Waals surface area contributed by atoms with Gasteiger partial charge in [0.2, 0.25) is 5.91 Å². The Morgan fingerprint density at radius 1 is 1.16 bits per heavy atom. The molecule has 0 radical (unpaired) electrons. The van der Waals surface area contributed by atoms with Crippen LogP contribution in [0.25, 0.3) is 0 Å². The number of hydrogen-bond donors (Lipinski definition) is 1. The number of piperazine rings is 1. The van der Waals surface area contributed by atoms with Gasteiger partial charge in [-0.1, -0.05) is 6.07 Å². The van der Waals surface area contributed by atoms with Crippen LogP contribution in [0.2, 0.25) is 0 Å². The Morgan fingerprint density at radius 3 is 2.41 bits per heavy atom. The third-order valence-corrected chi connectivity index (χ3v) is 5.63. The van der Waals surface area contributed by atoms with Crippen molar-refractivity contribution in [3.63, 3.8) is 0 Å². The molecule has 2 heterocycles. The number of nitrogens with one attached hydrogen (secondary N) is 1. The summed E-state index contributed by atoms with van der Waals surface area (Å²) in [6, 6.07) is 4.36. The van der Waals surface area contributed by atoms with Crippen molar-refractivity contribution in [1.29, 1.82) is 0 Å². The van der Waals surface area contributed by atoms with Crippen LogP contribution >= 0.6 is 0 Å². The quantitative estimate of drug-likeness (QED) is 0.746. The third-order valence-electron chi connectivity index (χ3n) is 5.63. The van der Waals surface area contributed by atoms with E-state index in [0.29, 0.717) is 51.5 Å². The summed E-state index contributed by atoms with van der Waals surface area (Å²) in [5.41, 5.74) is -0.0972. The first-order valence-electron chi connectivity index (χ1n) is 11.0. The molecule has 32 heavy (non-hydrogen) atoms. The molecular formula is C23H32FN3O5. The molecule has 2 fully saturated rings. The minimum atomic E-state index is -0.656. The van der Waals surface area contributed by atoms with E-state index >= 15 is 0 Å². The van der Waals surface area contributed by atoms with Gasteiger partial charge in [0.1, 0.15) is 11.4 Å². The van der Waals surface area contributed by atoms with Crippen LogP contribution in [0.4, 0.5) is 9.18 Å². The molecule has 1 N–H and O–H groups in total. The molecule has 2 aliphatic heterocycles. The van der Waals surface area contributed by atoms with E-state index in [4.69, 9.17) is 9.47 Å². The van der Waals surface area contributed by atoms with Crippen LogP contribution < -0.4 is 5.32 Å². The summed E-state index contributed by atoms with van der Waals surface area (Å²) in [4.78, 5) is 40.4. The van der Waals surface area contributed by atoms with E-state index in [1.165, 1.54) is 17.0 Å². The zero-order valence-corrected chi connectivity index (χ0v) is 19.2. The summed E-state index contributed by atoms with van der Waals surface area (Å²) in [5, 5.41) is 2.80. The maximum Gasteiger partial charge on any atom is 0.410 e. The van der Waals surface area contributed by atoms with Crippen LogP contribution in [-0.2, 0) is 14.3 Å². The molecule has 0 saturated carbocycles. The first kappa shape index (κ1) is 24.0. The minimum Gasteiger partial charge on any atom is -0.444 e. The SMILES string of the molecule is CCOCC1CNC(=O)[C@H]1c1ccc(C(=O)N2CCN(C(=O)OC(C)(C)C)CC2)c(F)c1. The van der Waals surface area contributed by atoms with E-state index in [0.717, 1.165) is 0 Å². The Bertz CT molecular complexity index is 862. The molecular weight excluding hydrogens is 417 g/mol. The molecule has 9 heteroatoms. The van der Waals surface area contributed by atoms with Gasteiger partial charge in [0.05, 0.1) is 18.1 Å². The molecule has 1 aromatic rings. The summed E-state index contributed by atoms with van der Waals surface area (Å²) >= 11 is 0. The van der Waals surface area contributed by atoms with Crippen LogP contribution in [0.1, 0.15) is 49.5 Å². The Labute approximate surface area is 188 Å². The van der Waals surface area contributed by atoms with Crippen molar-refractivity contribution in [2.45, 2.75) is 39.2 Å². The molecule has 3 rings (SSSR count). The molecule has 2 atom stereocenters. The van der Waals surface area contributed by atoms with Crippen molar-refractivity contribution in [2.24, 2.45) is 5.92 Å². The van der Waals surface area contributed by atoms with E-state index in [1.807, 2.05) is 6.92 Å². The zero-order chi connectivity index (χ0) is 23.5. The van der Waals surface area contributed by atoms with Crippen LogP contribution in [0.3, 0.4) is 0 Å². The van der Waals surface area contributed by atoms with Crippen molar-refractivity contribution in [1.82, 2.24) is 15.1 Å². The number of rotatable bonds is 5. The molecule has 0 aliphatic carbocycles. The number of carbonyl (C=O) groups excluding carboxylic acids is 3. The smallest absolute Gasteiger partial charge is 0.410 e. The lowest BCUT2D eigenvalue weighted by Gasteiger charge is -2.35. The third kappa shape index (κ3) is 5.56. The van der Waals surface area contributed by atoms with E-state index in [9.17, 15) is 18.8 Å². The molecule has 176 valence electrons. The van der Waals surface area contributed by atoms with E-state index in [-0.39, 0.29) is 17.4 Å². The minimum absolute atomic E-state index is 0.0424. The van der Waals surface area contributed by atoms with Crippen molar-refractivity contribution < 1.29 is 28.2 Å². The van der Waals surface area contributed by atoms with Gasteiger partial charge in [0.15, 0.2) is 0 Å². The fourth-order valence-corrected chi connectivity index (χ4v) is 4.01. The zero-order valence-electron chi connectivity index (χ0n) is 19.2. The predicted molar refractivity (Wildman–Crippen MR) is 116 cm³/mol. The molecule has 2 aliphatic rings. The Hall–Kier alpha value is -2.68. The molecule has 1 unspecified atom stereocenters. The summed E-state index contributed by atoms with van der Waals surface area (Å²) in [6.45, 7) is 9.93. The molecule has 2 saturated heterocycles. The van der Waals surface area contributed by atoms with E-state index in [2.05, 4.69) is 5.32 Å².